The molecule has 0 aliphatic rings. The van der Waals surface area contributed by atoms with E-state index in [0.29, 0.717) is 5.66 Å². The smallest absolute Gasteiger partial charge is 0.0480 e. The number of nitrogens with zero attached hydrogens (tertiary/aromatic N) is 1. The Hall–Kier alpha value is -1.98. The molecule has 1 aromatic heterocycles. The van der Waals surface area contributed by atoms with E-state index in [1.165, 1.54) is 10.6 Å². The van der Waals surface area contributed by atoms with Crippen molar-refractivity contribution < 1.29 is 0 Å². The van der Waals surface area contributed by atoms with Gasteiger partial charge in [-0.2, -0.15) is 0 Å². The predicted molar refractivity (Wildman–Crippen MR) is 91.7 cm³/mol. The van der Waals surface area contributed by atoms with Crippen molar-refractivity contribution in [3.63, 3.8) is 0 Å². The molecule has 1 heterocycles. The minimum absolute atomic E-state index is 0.394. The van der Waals surface area contributed by atoms with Gasteiger partial charge >= 0.3 is 0 Å². The average Bonchev–Trinajstić information content (AvgIpc) is 2.58. The fraction of sp³-hybridized carbons (Fsp3) is 0.105. The molecule has 0 fully saturated rings. The normalized spacial score (nSPS) is 12.3. The highest BCUT2D eigenvalue weighted by molar-refractivity contribution is 7.73. The highest BCUT2D eigenvalue weighted by Crippen LogP contribution is 2.48. The van der Waals surface area contributed by atoms with E-state index in [2.05, 4.69) is 84.7 Å². The molecule has 0 aliphatic carbocycles. The van der Waals surface area contributed by atoms with Crippen molar-refractivity contribution >= 4 is 18.5 Å². The van der Waals surface area contributed by atoms with Crippen molar-refractivity contribution in [2.75, 3.05) is 0 Å². The number of benzene rings is 2. The van der Waals surface area contributed by atoms with Crippen LogP contribution < -0.4 is 10.6 Å². The van der Waals surface area contributed by atoms with Crippen LogP contribution in [-0.4, -0.2) is 4.98 Å². The van der Waals surface area contributed by atoms with Gasteiger partial charge in [-0.3, -0.25) is 4.98 Å². The molecule has 104 valence electrons. The van der Waals surface area contributed by atoms with E-state index in [-0.39, 0.29) is 0 Å². The molecule has 0 aliphatic heterocycles. The molecule has 1 nitrogen and oxygen atoms in total. The van der Waals surface area contributed by atoms with Crippen LogP contribution in [0.15, 0.2) is 85.1 Å². The zero-order valence-corrected chi connectivity index (χ0v) is 12.9. The molecule has 3 rings (SSSR count). The molecule has 0 spiro atoms. The number of pyridine rings is 1. The van der Waals surface area contributed by atoms with Crippen LogP contribution in [-0.2, 0) is 0 Å². The van der Waals surface area contributed by atoms with Gasteiger partial charge in [-0.1, -0.05) is 73.7 Å². The van der Waals surface area contributed by atoms with Crippen molar-refractivity contribution in [2.45, 2.75) is 12.6 Å². The molecule has 0 saturated carbocycles. The lowest BCUT2D eigenvalue weighted by atomic mass is 10.3. The van der Waals surface area contributed by atoms with E-state index in [9.17, 15) is 0 Å². The second-order valence-corrected chi connectivity index (χ2v) is 7.52. The molecule has 0 unspecified atom stereocenters. The standard InChI is InChI=1S/C19H18NP/c1-16(19-14-8-9-15-20-19)21(17-10-4-2-5-11-17)18-12-6-3-7-13-18/h2-16H,1H3/t16-/m0/s1. The Labute approximate surface area is 127 Å². The minimum atomic E-state index is -0.451. The molecule has 0 N–H and O–H groups in total. The Morgan fingerprint density at radius 2 is 1.24 bits per heavy atom. The van der Waals surface area contributed by atoms with Crippen LogP contribution in [0.5, 0.6) is 0 Å². The topological polar surface area (TPSA) is 12.9 Å². The third-order valence-electron chi connectivity index (χ3n) is 3.57. The monoisotopic (exact) mass is 291 g/mol. The molecule has 21 heavy (non-hydrogen) atoms. The van der Waals surface area contributed by atoms with Crippen LogP contribution >= 0.6 is 7.92 Å². The van der Waals surface area contributed by atoms with Gasteiger partial charge < -0.3 is 0 Å². The third kappa shape index (κ3) is 3.20. The fourth-order valence-corrected chi connectivity index (χ4v) is 5.13. The first-order chi connectivity index (χ1) is 10.4. The second kappa shape index (κ2) is 6.65. The number of aromatic nitrogens is 1. The van der Waals surface area contributed by atoms with Crippen molar-refractivity contribution in [2.24, 2.45) is 0 Å². The van der Waals surface area contributed by atoms with Gasteiger partial charge in [0.25, 0.3) is 0 Å². The quantitative estimate of drug-likeness (QED) is 0.654. The van der Waals surface area contributed by atoms with Crippen molar-refractivity contribution in [3.8, 4) is 0 Å². The Balaban J connectivity index is 2.05. The van der Waals surface area contributed by atoms with E-state index in [1.807, 2.05) is 12.3 Å². The van der Waals surface area contributed by atoms with Gasteiger partial charge in [0.05, 0.1) is 0 Å². The summed E-state index contributed by atoms with van der Waals surface area (Å²) in [6.45, 7) is 2.29. The second-order valence-electron chi connectivity index (χ2n) is 4.97. The van der Waals surface area contributed by atoms with Crippen molar-refractivity contribution in [1.82, 2.24) is 4.98 Å². The van der Waals surface area contributed by atoms with Gasteiger partial charge in [-0.05, 0) is 30.7 Å². The summed E-state index contributed by atoms with van der Waals surface area (Å²) in [4.78, 5) is 4.57. The maximum Gasteiger partial charge on any atom is 0.0480 e. The van der Waals surface area contributed by atoms with Gasteiger partial charge in [0, 0.05) is 17.5 Å². The van der Waals surface area contributed by atoms with E-state index in [1.54, 1.807) is 0 Å². The van der Waals surface area contributed by atoms with Gasteiger partial charge in [-0.15, -0.1) is 0 Å². The lowest BCUT2D eigenvalue weighted by molar-refractivity contribution is 0.999. The van der Waals surface area contributed by atoms with E-state index >= 15 is 0 Å². The number of hydrogen-bond acceptors (Lipinski definition) is 1. The molecule has 3 aromatic rings. The molecule has 0 saturated heterocycles. The Morgan fingerprint density at radius 1 is 0.714 bits per heavy atom. The SMILES string of the molecule is C[C@@H](c1ccccn1)P(c1ccccc1)c1ccccc1. The minimum Gasteiger partial charge on any atom is -0.261 e. The summed E-state index contributed by atoms with van der Waals surface area (Å²) in [6, 6.07) is 27.8. The summed E-state index contributed by atoms with van der Waals surface area (Å²) >= 11 is 0. The van der Waals surface area contributed by atoms with Crippen molar-refractivity contribution in [3.05, 3.63) is 90.8 Å². The third-order valence-corrected chi connectivity index (χ3v) is 6.32. The highest BCUT2D eigenvalue weighted by atomic mass is 31.1. The molecular weight excluding hydrogens is 273 g/mol. The van der Waals surface area contributed by atoms with Gasteiger partial charge in [0.2, 0.25) is 0 Å². The van der Waals surface area contributed by atoms with Crippen LogP contribution in [0.25, 0.3) is 0 Å². The number of hydrogen-bond donors (Lipinski definition) is 0. The average molecular weight is 291 g/mol. The lowest BCUT2D eigenvalue weighted by Crippen LogP contribution is -2.16. The fourth-order valence-electron chi connectivity index (χ4n) is 2.53. The molecule has 0 bridgehead atoms. The van der Waals surface area contributed by atoms with Crippen molar-refractivity contribution in [1.29, 1.82) is 0 Å². The molecule has 1 atom stereocenters. The molecule has 0 radical (unpaired) electrons. The maximum atomic E-state index is 4.57. The summed E-state index contributed by atoms with van der Waals surface area (Å²) < 4.78 is 0. The van der Waals surface area contributed by atoms with Crippen LogP contribution in [0.3, 0.4) is 0 Å². The largest absolute Gasteiger partial charge is 0.261 e. The van der Waals surface area contributed by atoms with E-state index in [4.69, 9.17) is 0 Å². The molecule has 2 aromatic carbocycles. The predicted octanol–water partition coefficient (Wildman–Crippen LogP) is 4.28. The Morgan fingerprint density at radius 3 is 1.71 bits per heavy atom. The van der Waals surface area contributed by atoms with Gasteiger partial charge in [0.1, 0.15) is 0 Å². The summed E-state index contributed by atoms with van der Waals surface area (Å²) in [5.74, 6) is 0. The lowest BCUT2D eigenvalue weighted by Gasteiger charge is -2.25. The van der Waals surface area contributed by atoms with Crippen LogP contribution in [0.1, 0.15) is 18.3 Å². The Kier molecular flexibility index (Phi) is 4.43. The first-order valence-corrected chi connectivity index (χ1v) is 8.57. The van der Waals surface area contributed by atoms with E-state index in [0.717, 1.165) is 5.69 Å². The van der Waals surface area contributed by atoms with Gasteiger partial charge in [0.15, 0.2) is 0 Å². The van der Waals surface area contributed by atoms with E-state index < -0.39 is 7.92 Å². The highest BCUT2D eigenvalue weighted by Gasteiger charge is 2.22. The van der Waals surface area contributed by atoms with Crippen LogP contribution in [0, 0.1) is 0 Å². The summed E-state index contributed by atoms with van der Waals surface area (Å²) in [7, 11) is -0.451. The first-order valence-electron chi connectivity index (χ1n) is 7.16. The van der Waals surface area contributed by atoms with Crippen LogP contribution in [0.2, 0.25) is 0 Å². The molecule has 2 heteroatoms. The zero-order valence-electron chi connectivity index (χ0n) is 12.1. The zero-order chi connectivity index (χ0) is 14.5. The van der Waals surface area contributed by atoms with Gasteiger partial charge in [-0.25, -0.2) is 0 Å². The first kappa shape index (κ1) is 14.0. The molecule has 0 amide bonds. The summed E-state index contributed by atoms with van der Waals surface area (Å²) in [5.41, 5.74) is 1.56. The molecular formula is C19H18NP. The Bertz CT molecular complexity index is 628. The van der Waals surface area contributed by atoms with Crippen LogP contribution in [0.4, 0.5) is 0 Å². The number of rotatable bonds is 4. The summed E-state index contributed by atoms with van der Waals surface area (Å²) in [6.07, 6.45) is 1.88. The summed E-state index contributed by atoms with van der Waals surface area (Å²) in [5, 5.41) is 2.80. The maximum absolute atomic E-state index is 4.57.